The predicted octanol–water partition coefficient (Wildman–Crippen LogP) is 5.13. The molecule has 8 fully saturated rings. The highest BCUT2D eigenvalue weighted by Crippen LogP contribution is 3.02. The highest BCUT2D eigenvalue weighted by Gasteiger charge is 2.98. The lowest BCUT2D eigenvalue weighted by molar-refractivity contribution is -0.250. The van der Waals surface area contributed by atoms with Crippen molar-refractivity contribution in [3.05, 3.63) is 0 Å². The van der Waals surface area contributed by atoms with Gasteiger partial charge in [-0.15, -0.1) is 0 Å². The number of carbonyl (C=O) groups is 3. The molecule has 244 valence electrons. The summed E-state index contributed by atoms with van der Waals surface area (Å²) in [6.45, 7) is 16.7. The van der Waals surface area contributed by atoms with Gasteiger partial charge < -0.3 is 28.4 Å². The summed E-state index contributed by atoms with van der Waals surface area (Å²) in [4.78, 5) is 39.6. The van der Waals surface area contributed by atoms with Crippen molar-refractivity contribution in [2.75, 3.05) is 0 Å². The third kappa shape index (κ3) is 3.70. The van der Waals surface area contributed by atoms with Crippen LogP contribution in [0.15, 0.2) is 0 Å². The molecule has 44 heavy (non-hydrogen) atoms. The molecular weight excluding hydrogens is 587 g/mol. The lowest BCUT2D eigenvalue weighted by Crippen LogP contribution is -2.43. The van der Waals surface area contributed by atoms with Gasteiger partial charge in [0.25, 0.3) is 0 Å². The molecule has 8 aliphatic rings. The van der Waals surface area contributed by atoms with Crippen molar-refractivity contribution in [1.29, 1.82) is 0 Å². The van der Waals surface area contributed by atoms with Gasteiger partial charge in [0.05, 0.1) is 19.9 Å². The van der Waals surface area contributed by atoms with Crippen molar-refractivity contribution in [2.24, 2.45) is 45.3 Å². The molecule has 11 atom stereocenters. The van der Waals surface area contributed by atoms with E-state index in [1.165, 1.54) is 6.92 Å². The van der Waals surface area contributed by atoms with Gasteiger partial charge in [-0.1, -0.05) is 47.3 Å². The summed E-state index contributed by atoms with van der Waals surface area (Å²) in [7, 11) is -1.77. The predicted molar refractivity (Wildman–Crippen MR) is 155 cm³/mol. The first kappa shape index (κ1) is 29.8. The fourth-order valence-electron chi connectivity index (χ4n) is 11.9. The summed E-state index contributed by atoms with van der Waals surface area (Å²) < 4.78 is 50.8. The standard InChI is InChI=1S/C33H47FO9Si/c1-28(2)22-23-29(3,4)33(23)14-31(22,28)13-17(33)25(36)39-20-18-19(38-26(20)37)21-27(40-18)43-32(41-21)11-9-16(10-12-32)24(35)42-30(5,34)15-44(6,7)8/h16-23,27H,9-15H2,1-8H3. The fourth-order valence-corrected chi connectivity index (χ4v) is 13.8. The molecule has 11 unspecified atom stereocenters. The smallest absolute Gasteiger partial charge is 0.350 e. The molecule has 0 aromatic rings. The summed E-state index contributed by atoms with van der Waals surface area (Å²) in [5.74, 6) is -3.84. The minimum Gasteiger partial charge on any atom is -0.454 e. The Morgan fingerprint density at radius 2 is 1.66 bits per heavy atom. The quantitative estimate of drug-likeness (QED) is 0.223. The van der Waals surface area contributed by atoms with E-state index in [9.17, 15) is 18.8 Å². The molecule has 3 spiro atoms. The van der Waals surface area contributed by atoms with E-state index in [4.69, 9.17) is 28.4 Å². The maximum absolute atomic E-state index is 15.0. The largest absolute Gasteiger partial charge is 0.454 e. The monoisotopic (exact) mass is 634 g/mol. The molecule has 0 aromatic carbocycles. The van der Waals surface area contributed by atoms with Gasteiger partial charge in [0, 0.05) is 25.8 Å². The summed E-state index contributed by atoms with van der Waals surface area (Å²) in [6, 6.07) is 0.242. The second kappa shape index (κ2) is 8.47. The molecule has 9 nitrogen and oxygen atoms in total. The Hall–Kier alpha value is -1.56. The van der Waals surface area contributed by atoms with Crippen LogP contribution >= 0.6 is 0 Å². The molecule has 3 saturated heterocycles. The zero-order chi connectivity index (χ0) is 31.6. The molecule has 3 aliphatic heterocycles. The third-order valence-corrected chi connectivity index (χ3v) is 15.3. The molecule has 0 amide bonds. The summed E-state index contributed by atoms with van der Waals surface area (Å²) in [5.41, 5.74) is 0.543. The summed E-state index contributed by atoms with van der Waals surface area (Å²) >= 11 is 0. The van der Waals surface area contributed by atoms with Crippen LogP contribution in [0.2, 0.25) is 25.7 Å². The second-order valence-corrected chi connectivity index (χ2v) is 23.4. The van der Waals surface area contributed by atoms with Crippen LogP contribution in [0.3, 0.4) is 0 Å². The van der Waals surface area contributed by atoms with E-state index in [-0.39, 0.29) is 39.6 Å². The lowest BCUT2D eigenvalue weighted by atomic mass is 9.84. The second-order valence-electron chi connectivity index (χ2n) is 17.9. The first-order valence-electron chi connectivity index (χ1n) is 16.6. The van der Waals surface area contributed by atoms with Gasteiger partial charge in [0.15, 0.2) is 24.3 Å². The maximum Gasteiger partial charge on any atom is 0.350 e. The first-order chi connectivity index (χ1) is 20.3. The molecule has 11 heteroatoms. The number of carbonyl (C=O) groups excluding carboxylic acids is 3. The van der Waals surface area contributed by atoms with Gasteiger partial charge in [-0.05, 0) is 59.2 Å². The van der Waals surface area contributed by atoms with Gasteiger partial charge in [-0.25, -0.2) is 4.79 Å². The number of hydrogen-bond donors (Lipinski definition) is 0. The minimum atomic E-state index is -1.98. The van der Waals surface area contributed by atoms with Gasteiger partial charge in [0.1, 0.15) is 6.10 Å². The van der Waals surface area contributed by atoms with E-state index >= 15 is 0 Å². The number of hydrogen-bond acceptors (Lipinski definition) is 9. The first-order valence-corrected chi connectivity index (χ1v) is 20.3. The molecule has 2 bridgehead atoms. The van der Waals surface area contributed by atoms with E-state index in [0.717, 1.165) is 12.8 Å². The lowest BCUT2D eigenvalue weighted by Gasteiger charge is -2.36. The molecular formula is C33H47FO9Si. The maximum atomic E-state index is 15.0. The van der Waals surface area contributed by atoms with Crippen LogP contribution in [0.25, 0.3) is 0 Å². The molecule has 8 rings (SSSR count). The SMILES string of the molecule is CC(F)(C[Si](C)(C)C)OC(=O)C1CCC2(CC1)OC1OC3C(OC(=O)C4CC56CC47C(C5C6(C)C)C7(C)C)C(=O)OC3C1O2. The summed E-state index contributed by atoms with van der Waals surface area (Å²) in [5, 5.41) is 0. The Balaban J connectivity index is 0.882. The molecule has 0 aromatic heterocycles. The van der Waals surface area contributed by atoms with E-state index in [1.807, 2.05) is 19.6 Å². The van der Waals surface area contributed by atoms with Gasteiger partial charge in [0.2, 0.25) is 12.0 Å². The van der Waals surface area contributed by atoms with Crippen LogP contribution in [0.5, 0.6) is 0 Å². The van der Waals surface area contributed by atoms with Crippen LogP contribution < -0.4 is 0 Å². The fraction of sp³-hybridized carbons (Fsp3) is 0.909. The molecule has 0 N–H and O–H groups in total. The topological polar surface area (TPSA) is 107 Å². The van der Waals surface area contributed by atoms with Crippen LogP contribution in [0.4, 0.5) is 4.39 Å². The van der Waals surface area contributed by atoms with Crippen molar-refractivity contribution < 1.29 is 47.2 Å². The number of ether oxygens (including phenoxy) is 6. The van der Waals surface area contributed by atoms with E-state index < -0.39 is 68.3 Å². The highest BCUT2D eigenvalue weighted by atomic mass is 28.3. The number of esters is 3. The van der Waals surface area contributed by atoms with Crippen LogP contribution in [-0.4, -0.2) is 68.3 Å². The number of alkyl halides is 1. The average Bonchev–Trinajstić information content (AvgIpc) is 3.35. The molecule has 5 aliphatic carbocycles. The Morgan fingerprint density at radius 1 is 0.977 bits per heavy atom. The van der Waals surface area contributed by atoms with Crippen molar-refractivity contribution in [3.8, 4) is 0 Å². The Bertz CT molecular complexity index is 1330. The van der Waals surface area contributed by atoms with Crippen molar-refractivity contribution >= 4 is 26.0 Å². The zero-order valence-electron chi connectivity index (χ0n) is 27.2. The van der Waals surface area contributed by atoms with Crippen LogP contribution in [-0.2, 0) is 42.8 Å². The zero-order valence-corrected chi connectivity index (χ0v) is 28.2. The molecule has 3 heterocycles. The van der Waals surface area contributed by atoms with E-state index in [0.29, 0.717) is 37.5 Å². The summed E-state index contributed by atoms with van der Waals surface area (Å²) in [6.07, 6.45) is -0.528. The normalized spacial score (nSPS) is 51.1. The number of rotatable bonds is 6. The highest BCUT2D eigenvalue weighted by molar-refractivity contribution is 6.76. The van der Waals surface area contributed by atoms with Crippen molar-refractivity contribution in [2.45, 2.75) is 141 Å². The average molecular weight is 635 g/mol. The minimum absolute atomic E-state index is 0.0275. The van der Waals surface area contributed by atoms with E-state index in [2.05, 4.69) is 27.7 Å². The van der Waals surface area contributed by atoms with Crippen molar-refractivity contribution in [3.63, 3.8) is 0 Å². The van der Waals surface area contributed by atoms with Crippen molar-refractivity contribution in [1.82, 2.24) is 0 Å². The Labute approximate surface area is 259 Å². The van der Waals surface area contributed by atoms with Gasteiger partial charge >= 0.3 is 17.9 Å². The third-order valence-electron chi connectivity index (χ3n) is 13.6. The van der Waals surface area contributed by atoms with Crippen LogP contribution in [0.1, 0.15) is 73.1 Å². The van der Waals surface area contributed by atoms with Gasteiger partial charge in [-0.3, -0.25) is 9.59 Å². The Kier molecular flexibility index (Phi) is 5.74. The van der Waals surface area contributed by atoms with E-state index in [1.54, 1.807) is 0 Å². The van der Waals surface area contributed by atoms with Gasteiger partial charge in [-0.2, -0.15) is 4.39 Å². The number of fused-ring (bicyclic) bond motifs is 4. The molecule has 5 saturated carbocycles. The number of halogens is 1. The van der Waals surface area contributed by atoms with Crippen LogP contribution in [0, 0.1) is 45.3 Å². The Morgan fingerprint density at radius 3 is 2.30 bits per heavy atom. The molecule has 0 radical (unpaired) electrons.